The Morgan fingerprint density at radius 3 is 2.09 bits per heavy atom. The molecule has 0 amide bonds. The predicted octanol–water partition coefficient (Wildman–Crippen LogP) is 4.29. The summed E-state index contributed by atoms with van der Waals surface area (Å²) in [5.74, 6) is 3.05. The van der Waals surface area contributed by atoms with Crippen LogP contribution < -0.4 is 18.9 Å². The molecule has 2 aromatic carbocycles. The minimum atomic E-state index is 0.540. The summed E-state index contributed by atoms with van der Waals surface area (Å²) in [6, 6.07) is 11.6. The van der Waals surface area contributed by atoms with Crippen LogP contribution in [0.1, 0.15) is 5.69 Å². The maximum Gasteiger partial charge on any atom is 0.203 e. The monoisotopic (exact) mass is 313 g/mol. The molecular formula is C18H19NO4. The normalized spacial score (nSPS) is 10.6. The molecule has 0 unspecified atom stereocenters. The molecule has 1 heterocycles. The molecule has 120 valence electrons. The maximum absolute atomic E-state index is 6.10. The molecule has 3 rings (SSSR count). The third-order valence-corrected chi connectivity index (χ3v) is 3.69. The highest BCUT2D eigenvalue weighted by Crippen LogP contribution is 2.43. The average Bonchev–Trinajstić information content (AvgIpc) is 2.89. The van der Waals surface area contributed by atoms with E-state index in [-0.39, 0.29) is 0 Å². The molecule has 0 aliphatic carbocycles. The van der Waals surface area contributed by atoms with Crippen molar-refractivity contribution in [2.45, 2.75) is 6.92 Å². The summed E-state index contributed by atoms with van der Waals surface area (Å²) in [6.45, 7) is 1.98. The second-order valence-electron chi connectivity index (χ2n) is 5.09. The number of ether oxygens (including phenoxy) is 4. The van der Waals surface area contributed by atoms with E-state index in [1.165, 1.54) is 0 Å². The number of aryl methyl sites for hydroxylation is 1. The van der Waals surface area contributed by atoms with Gasteiger partial charge in [0.05, 0.1) is 27.0 Å². The van der Waals surface area contributed by atoms with E-state index in [0.717, 1.165) is 22.3 Å². The second kappa shape index (κ2) is 6.12. The van der Waals surface area contributed by atoms with Gasteiger partial charge in [0.15, 0.2) is 17.2 Å². The van der Waals surface area contributed by atoms with Crippen molar-refractivity contribution in [1.82, 2.24) is 4.98 Å². The molecular weight excluding hydrogens is 294 g/mol. The zero-order valence-corrected chi connectivity index (χ0v) is 13.6. The van der Waals surface area contributed by atoms with E-state index in [9.17, 15) is 0 Å². The number of hydrogen-bond acceptors (Lipinski definition) is 4. The lowest BCUT2D eigenvalue weighted by atomic mass is 10.2. The lowest BCUT2D eigenvalue weighted by Crippen LogP contribution is -1.96. The molecule has 0 saturated heterocycles. The van der Waals surface area contributed by atoms with Gasteiger partial charge in [0, 0.05) is 23.0 Å². The van der Waals surface area contributed by atoms with Crippen LogP contribution in [-0.2, 0) is 0 Å². The van der Waals surface area contributed by atoms with E-state index in [0.29, 0.717) is 23.0 Å². The number of rotatable bonds is 5. The Bertz CT molecular complexity index is 813. The smallest absolute Gasteiger partial charge is 0.203 e. The summed E-state index contributed by atoms with van der Waals surface area (Å²) >= 11 is 0. The summed E-state index contributed by atoms with van der Waals surface area (Å²) in [5, 5.41) is 1.03. The lowest BCUT2D eigenvalue weighted by Gasteiger charge is -2.14. The van der Waals surface area contributed by atoms with Gasteiger partial charge in [0.1, 0.15) is 5.75 Å². The topological polar surface area (TPSA) is 52.7 Å². The molecule has 5 nitrogen and oxygen atoms in total. The highest BCUT2D eigenvalue weighted by molar-refractivity contribution is 5.88. The van der Waals surface area contributed by atoms with Crippen molar-refractivity contribution >= 4 is 10.9 Å². The van der Waals surface area contributed by atoms with Gasteiger partial charge in [-0.1, -0.05) is 12.1 Å². The van der Waals surface area contributed by atoms with Crippen LogP contribution in [0.5, 0.6) is 28.7 Å². The number of para-hydroxylation sites is 1. The SMILES string of the molecule is COc1cc(Oc2c(C)[nH]c3ccccc23)cc(OC)c1OC. The van der Waals surface area contributed by atoms with Gasteiger partial charge in [0.25, 0.3) is 0 Å². The third kappa shape index (κ3) is 2.65. The van der Waals surface area contributed by atoms with Gasteiger partial charge in [0.2, 0.25) is 5.75 Å². The zero-order chi connectivity index (χ0) is 16.4. The van der Waals surface area contributed by atoms with E-state index in [1.54, 1.807) is 33.5 Å². The van der Waals surface area contributed by atoms with Gasteiger partial charge >= 0.3 is 0 Å². The molecule has 0 saturated carbocycles. The Labute approximate surface area is 134 Å². The predicted molar refractivity (Wildman–Crippen MR) is 89.2 cm³/mol. The van der Waals surface area contributed by atoms with Crippen molar-refractivity contribution in [3.05, 3.63) is 42.1 Å². The molecule has 0 bridgehead atoms. The largest absolute Gasteiger partial charge is 0.493 e. The fourth-order valence-electron chi connectivity index (χ4n) is 2.62. The van der Waals surface area contributed by atoms with Crippen molar-refractivity contribution in [1.29, 1.82) is 0 Å². The van der Waals surface area contributed by atoms with Crippen molar-refractivity contribution in [2.75, 3.05) is 21.3 Å². The number of aromatic amines is 1. The first-order valence-corrected chi connectivity index (χ1v) is 7.23. The quantitative estimate of drug-likeness (QED) is 0.763. The van der Waals surface area contributed by atoms with Gasteiger partial charge in [-0.2, -0.15) is 0 Å². The van der Waals surface area contributed by atoms with Gasteiger partial charge in [-0.3, -0.25) is 0 Å². The van der Waals surface area contributed by atoms with Crippen LogP contribution in [0.3, 0.4) is 0 Å². The summed E-state index contributed by atoms with van der Waals surface area (Å²) in [7, 11) is 4.74. The maximum atomic E-state index is 6.10. The van der Waals surface area contributed by atoms with E-state index in [2.05, 4.69) is 4.98 Å². The van der Waals surface area contributed by atoms with Crippen molar-refractivity contribution in [3.8, 4) is 28.7 Å². The highest BCUT2D eigenvalue weighted by Gasteiger charge is 2.16. The van der Waals surface area contributed by atoms with E-state index in [1.807, 2.05) is 31.2 Å². The number of benzene rings is 2. The Morgan fingerprint density at radius 2 is 1.48 bits per heavy atom. The molecule has 1 aromatic heterocycles. The molecule has 0 radical (unpaired) electrons. The summed E-state index contributed by atoms with van der Waals surface area (Å²) in [5.41, 5.74) is 1.99. The number of H-pyrrole nitrogens is 1. The Balaban J connectivity index is 2.07. The van der Waals surface area contributed by atoms with Crippen LogP contribution in [0.25, 0.3) is 10.9 Å². The fraction of sp³-hybridized carbons (Fsp3) is 0.222. The van der Waals surface area contributed by atoms with Crippen LogP contribution >= 0.6 is 0 Å². The van der Waals surface area contributed by atoms with E-state index >= 15 is 0 Å². The van der Waals surface area contributed by atoms with Crippen LogP contribution in [0.2, 0.25) is 0 Å². The molecule has 1 N–H and O–H groups in total. The number of methoxy groups -OCH3 is 3. The van der Waals surface area contributed by atoms with Crippen molar-refractivity contribution in [3.63, 3.8) is 0 Å². The molecule has 0 atom stereocenters. The molecule has 23 heavy (non-hydrogen) atoms. The van der Waals surface area contributed by atoms with Crippen molar-refractivity contribution < 1.29 is 18.9 Å². The van der Waals surface area contributed by atoms with Crippen LogP contribution in [0.4, 0.5) is 0 Å². The first-order chi connectivity index (χ1) is 11.2. The van der Waals surface area contributed by atoms with Crippen LogP contribution in [-0.4, -0.2) is 26.3 Å². The van der Waals surface area contributed by atoms with Crippen LogP contribution in [0.15, 0.2) is 36.4 Å². The molecule has 0 aliphatic rings. The summed E-state index contributed by atoms with van der Waals surface area (Å²) < 4.78 is 22.2. The average molecular weight is 313 g/mol. The molecule has 5 heteroatoms. The van der Waals surface area contributed by atoms with E-state index < -0.39 is 0 Å². The molecule has 3 aromatic rings. The zero-order valence-electron chi connectivity index (χ0n) is 13.6. The highest BCUT2D eigenvalue weighted by atomic mass is 16.5. The second-order valence-corrected chi connectivity index (χ2v) is 5.09. The number of hydrogen-bond donors (Lipinski definition) is 1. The first-order valence-electron chi connectivity index (χ1n) is 7.23. The fourth-order valence-corrected chi connectivity index (χ4v) is 2.62. The van der Waals surface area contributed by atoms with E-state index in [4.69, 9.17) is 18.9 Å². The third-order valence-electron chi connectivity index (χ3n) is 3.69. The first kappa shape index (κ1) is 15.1. The minimum Gasteiger partial charge on any atom is -0.493 e. The Morgan fingerprint density at radius 1 is 0.826 bits per heavy atom. The number of aromatic nitrogens is 1. The Hall–Kier alpha value is -2.82. The summed E-state index contributed by atoms with van der Waals surface area (Å²) in [4.78, 5) is 3.31. The number of fused-ring (bicyclic) bond motifs is 1. The van der Waals surface area contributed by atoms with Gasteiger partial charge in [-0.05, 0) is 19.1 Å². The molecule has 0 fully saturated rings. The standard InChI is InChI=1S/C18H19NO4/c1-11-17(13-7-5-6-8-14(13)19-11)23-12-9-15(20-2)18(22-4)16(10-12)21-3/h5-10,19H,1-4H3. The van der Waals surface area contributed by atoms with Gasteiger partial charge < -0.3 is 23.9 Å². The minimum absolute atomic E-state index is 0.540. The lowest BCUT2D eigenvalue weighted by molar-refractivity contribution is 0.321. The summed E-state index contributed by atoms with van der Waals surface area (Å²) in [6.07, 6.45) is 0. The van der Waals surface area contributed by atoms with Gasteiger partial charge in [-0.25, -0.2) is 0 Å². The van der Waals surface area contributed by atoms with Crippen molar-refractivity contribution in [2.24, 2.45) is 0 Å². The Kier molecular flexibility index (Phi) is 4.02. The molecule has 0 spiro atoms. The van der Waals surface area contributed by atoms with Gasteiger partial charge in [-0.15, -0.1) is 0 Å². The van der Waals surface area contributed by atoms with Crippen LogP contribution in [0, 0.1) is 6.92 Å². The number of nitrogens with one attached hydrogen (secondary N) is 1. The molecule has 0 aliphatic heterocycles.